The van der Waals surface area contributed by atoms with Crippen molar-refractivity contribution in [3.05, 3.63) is 0 Å². The zero-order valence-corrected chi connectivity index (χ0v) is 11.4. The number of rotatable bonds is 6. The Morgan fingerprint density at radius 1 is 1.47 bits per heavy atom. The minimum Gasteiger partial charge on any atom is -0.481 e. The van der Waals surface area contributed by atoms with E-state index >= 15 is 0 Å². The average Bonchev–Trinajstić information content (AvgIpc) is 2.28. The Bertz CT molecular complexity index is 238. The molecule has 4 heteroatoms. The van der Waals surface area contributed by atoms with Crippen LogP contribution in [0.25, 0.3) is 0 Å². The van der Waals surface area contributed by atoms with Crippen LogP contribution in [0.3, 0.4) is 0 Å². The monoisotopic (exact) mass is 242 g/mol. The highest BCUT2D eigenvalue weighted by atomic mass is 16.4. The van der Waals surface area contributed by atoms with Crippen molar-refractivity contribution in [3.8, 4) is 0 Å². The van der Waals surface area contributed by atoms with Gasteiger partial charge in [0.2, 0.25) is 0 Å². The molecular formula is C13H26N2O2. The number of hydrogen-bond donors (Lipinski definition) is 1. The molecule has 1 N–H and O–H groups in total. The van der Waals surface area contributed by atoms with Crippen LogP contribution in [0, 0.1) is 11.8 Å². The quantitative estimate of drug-likeness (QED) is 0.764. The fourth-order valence-electron chi connectivity index (χ4n) is 2.52. The van der Waals surface area contributed by atoms with Crippen molar-refractivity contribution in [1.29, 1.82) is 0 Å². The largest absolute Gasteiger partial charge is 0.481 e. The van der Waals surface area contributed by atoms with Gasteiger partial charge in [-0.1, -0.05) is 6.92 Å². The van der Waals surface area contributed by atoms with Gasteiger partial charge < -0.3 is 14.9 Å². The summed E-state index contributed by atoms with van der Waals surface area (Å²) >= 11 is 0. The standard InChI is InChI=1S/C13H26N2O2/c1-4-12(13(16)17)10-15(3)9-11-5-7-14(2)8-6-11/h11-12H,4-10H2,1-3H3,(H,16,17). The number of carboxylic acid groups (broad SMARTS) is 1. The van der Waals surface area contributed by atoms with Crippen molar-refractivity contribution < 1.29 is 9.90 Å². The minimum absolute atomic E-state index is 0.216. The topological polar surface area (TPSA) is 43.8 Å². The molecule has 0 aliphatic carbocycles. The second-order valence-corrected chi connectivity index (χ2v) is 5.41. The maximum absolute atomic E-state index is 11.0. The fraction of sp³-hybridized carbons (Fsp3) is 0.923. The molecule has 1 saturated heterocycles. The molecule has 0 aromatic carbocycles. The number of carboxylic acids is 1. The summed E-state index contributed by atoms with van der Waals surface area (Å²) < 4.78 is 0. The molecule has 1 fully saturated rings. The molecule has 0 spiro atoms. The van der Waals surface area contributed by atoms with E-state index in [4.69, 9.17) is 5.11 Å². The van der Waals surface area contributed by atoms with Gasteiger partial charge in [0.1, 0.15) is 0 Å². The summed E-state index contributed by atoms with van der Waals surface area (Å²) in [6, 6.07) is 0. The minimum atomic E-state index is -0.664. The lowest BCUT2D eigenvalue weighted by Crippen LogP contribution is -2.38. The van der Waals surface area contributed by atoms with Gasteiger partial charge in [0.25, 0.3) is 0 Å². The van der Waals surface area contributed by atoms with Crippen LogP contribution in [-0.4, -0.2) is 61.2 Å². The first kappa shape index (κ1) is 14.5. The molecule has 1 aliphatic rings. The van der Waals surface area contributed by atoms with Gasteiger partial charge in [-0.3, -0.25) is 4.79 Å². The summed E-state index contributed by atoms with van der Waals surface area (Å²) in [4.78, 5) is 15.5. The fourth-order valence-corrected chi connectivity index (χ4v) is 2.52. The number of aliphatic carboxylic acids is 1. The molecule has 0 saturated carbocycles. The highest BCUT2D eigenvalue weighted by molar-refractivity contribution is 5.70. The van der Waals surface area contributed by atoms with Crippen molar-refractivity contribution in [3.63, 3.8) is 0 Å². The molecule has 1 rings (SSSR count). The molecule has 100 valence electrons. The van der Waals surface area contributed by atoms with E-state index in [0.29, 0.717) is 13.0 Å². The van der Waals surface area contributed by atoms with Crippen LogP contribution >= 0.6 is 0 Å². The van der Waals surface area contributed by atoms with Gasteiger partial charge in [-0.25, -0.2) is 0 Å². The lowest BCUT2D eigenvalue weighted by molar-refractivity contribution is -0.142. The maximum atomic E-state index is 11.0. The molecule has 1 aliphatic heterocycles. The second-order valence-electron chi connectivity index (χ2n) is 5.41. The van der Waals surface area contributed by atoms with Crippen molar-refractivity contribution in [1.82, 2.24) is 9.80 Å². The first-order valence-electron chi connectivity index (χ1n) is 6.62. The van der Waals surface area contributed by atoms with E-state index < -0.39 is 5.97 Å². The SMILES string of the molecule is CCC(CN(C)CC1CCN(C)CC1)C(=O)O. The number of piperidine rings is 1. The third-order valence-corrected chi connectivity index (χ3v) is 3.78. The Morgan fingerprint density at radius 2 is 2.06 bits per heavy atom. The molecule has 0 radical (unpaired) electrons. The Balaban J connectivity index is 2.28. The summed E-state index contributed by atoms with van der Waals surface area (Å²) in [5.74, 6) is -0.142. The molecule has 0 aromatic rings. The molecular weight excluding hydrogens is 216 g/mol. The summed E-state index contributed by atoms with van der Waals surface area (Å²) in [6.45, 7) is 6.02. The highest BCUT2D eigenvalue weighted by Crippen LogP contribution is 2.17. The van der Waals surface area contributed by atoms with Crippen molar-refractivity contribution in [2.45, 2.75) is 26.2 Å². The van der Waals surface area contributed by atoms with E-state index in [0.717, 1.165) is 12.5 Å². The second kappa shape index (κ2) is 6.97. The molecule has 17 heavy (non-hydrogen) atoms. The summed E-state index contributed by atoms with van der Waals surface area (Å²) in [6.07, 6.45) is 3.20. The number of nitrogens with zero attached hydrogens (tertiary/aromatic N) is 2. The lowest BCUT2D eigenvalue weighted by Gasteiger charge is -2.32. The zero-order chi connectivity index (χ0) is 12.8. The summed E-state index contributed by atoms with van der Waals surface area (Å²) in [5.41, 5.74) is 0. The van der Waals surface area contributed by atoms with E-state index in [1.807, 2.05) is 14.0 Å². The Labute approximate surface area is 105 Å². The van der Waals surface area contributed by atoms with E-state index in [1.54, 1.807) is 0 Å². The van der Waals surface area contributed by atoms with Crippen molar-refractivity contribution in [2.75, 3.05) is 40.3 Å². The van der Waals surface area contributed by atoms with Gasteiger partial charge in [-0.15, -0.1) is 0 Å². The molecule has 0 bridgehead atoms. The Kier molecular flexibility index (Phi) is 5.92. The van der Waals surface area contributed by atoms with Crippen LogP contribution in [-0.2, 0) is 4.79 Å². The Morgan fingerprint density at radius 3 is 2.53 bits per heavy atom. The van der Waals surface area contributed by atoms with Gasteiger partial charge in [0.05, 0.1) is 5.92 Å². The van der Waals surface area contributed by atoms with Crippen molar-refractivity contribution in [2.24, 2.45) is 11.8 Å². The zero-order valence-electron chi connectivity index (χ0n) is 11.4. The molecule has 0 aromatic heterocycles. The third kappa shape index (κ3) is 5.04. The van der Waals surface area contributed by atoms with E-state index in [2.05, 4.69) is 16.8 Å². The number of hydrogen-bond acceptors (Lipinski definition) is 3. The third-order valence-electron chi connectivity index (χ3n) is 3.78. The van der Waals surface area contributed by atoms with Crippen LogP contribution in [0.4, 0.5) is 0 Å². The summed E-state index contributed by atoms with van der Waals surface area (Å²) in [5, 5.41) is 9.03. The highest BCUT2D eigenvalue weighted by Gasteiger charge is 2.21. The van der Waals surface area contributed by atoms with Crippen LogP contribution in [0.1, 0.15) is 26.2 Å². The van der Waals surface area contributed by atoms with E-state index in [-0.39, 0.29) is 5.92 Å². The normalized spacial score (nSPS) is 20.7. The number of carbonyl (C=O) groups is 1. The van der Waals surface area contributed by atoms with Crippen LogP contribution in [0.5, 0.6) is 0 Å². The van der Waals surface area contributed by atoms with E-state index in [1.165, 1.54) is 25.9 Å². The van der Waals surface area contributed by atoms with Gasteiger partial charge in [0.15, 0.2) is 0 Å². The van der Waals surface area contributed by atoms with Crippen LogP contribution in [0.15, 0.2) is 0 Å². The van der Waals surface area contributed by atoms with Crippen LogP contribution in [0.2, 0.25) is 0 Å². The molecule has 1 heterocycles. The molecule has 4 nitrogen and oxygen atoms in total. The first-order valence-corrected chi connectivity index (χ1v) is 6.62. The van der Waals surface area contributed by atoms with Gasteiger partial charge in [-0.05, 0) is 52.4 Å². The average molecular weight is 242 g/mol. The van der Waals surface area contributed by atoms with Crippen molar-refractivity contribution >= 4 is 5.97 Å². The smallest absolute Gasteiger partial charge is 0.307 e. The predicted octanol–water partition coefficient (Wildman–Crippen LogP) is 1.37. The van der Waals surface area contributed by atoms with Gasteiger partial charge in [-0.2, -0.15) is 0 Å². The van der Waals surface area contributed by atoms with Gasteiger partial charge in [0, 0.05) is 13.1 Å². The molecule has 0 amide bonds. The molecule has 1 atom stereocenters. The predicted molar refractivity (Wildman–Crippen MR) is 69.1 cm³/mol. The molecule has 1 unspecified atom stereocenters. The van der Waals surface area contributed by atoms with Crippen LogP contribution < -0.4 is 0 Å². The maximum Gasteiger partial charge on any atom is 0.307 e. The Hall–Kier alpha value is -0.610. The van der Waals surface area contributed by atoms with E-state index in [9.17, 15) is 4.79 Å². The summed E-state index contributed by atoms with van der Waals surface area (Å²) in [7, 11) is 4.21. The number of likely N-dealkylation sites (tertiary alicyclic amines) is 1. The lowest BCUT2D eigenvalue weighted by atomic mass is 9.96. The van der Waals surface area contributed by atoms with Gasteiger partial charge >= 0.3 is 5.97 Å². The first-order chi connectivity index (χ1) is 8.02.